The van der Waals surface area contributed by atoms with Crippen molar-refractivity contribution in [1.82, 2.24) is 0 Å². The lowest BCUT2D eigenvalue weighted by molar-refractivity contribution is -0.115. The van der Waals surface area contributed by atoms with Crippen LogP contribution < -0.4 is 0 Å². The number of allylic oxidation sites excluding steroid dienone is 1. The molecule has 4 atom stereocenters. The maximum Gasteiger partial charge on any atom is 0.204 e. The van der Waals surface area contributed by atoms with E-state index in [1.165, 1.54) is 0 Å². The topological polar surface area (TPSA) is 55.8 Å². The quantitative estimate of drug-likeness (QED) is 0.286. The summed E-state index contributed by atoms with van der Waals surface area (Å²) < 4.78 is 12.9. The van der Waals surface area contributed by atoms with Crippen molar-refractivity contribution in [3.63, 3.8) is 0 Å². The molecule has 0 aromatic heterocycles. The van der Waals surface area contributed by atoms with E-state index < -0.39 is 22.5 Å². The van der Waals surface area contributed by atoms with E-state index in [1.807, 2.05) is 0 Å². The van der Waals surface area contributed by atoms with Crippen molar-refractivity contribution in [2.45, 2.75) is 122 Å². The minimum atomic E-state index is -1.97. The summed E-state index contributed by atoms with van der Waals surface area (Å²) in [5, 5.41) is 10.7. The van der Waals surface area contributed by atoms with Crippen LogP contribution in [0.5, 0.6) is 0 Å². The fraction of sp³-hybridized carbons (Fsp3) is 0.792. The molecule has 1 saturated heterocycles. The van der Waals surface area contributed by atoms with E-state index in [-0.39, 0.29) is 29.1 Å². The number of ketones is 1. The molecule has 0 aliphatic carbocycles. The summed E-state index contributed by atoms with van der Waals surface area (Å²) >= 11 is 0. The molecule has 0 bridgehead atoms. The van der Waals surface area contributed by atoms with Crippen LogP contribution in [0.2, 0.25) is 37.8 Å². The number of aliphatic hydroxyl groups is 1. The molecule has 1 heterocycles. The number of aliphatic hydroxyl groups excluding tert-OH is 1. The Kier molecular flexibility index (Phi) is 10.2. The van der Waals surface area contributed by atoms with Gasteiger partial charge in [0.05, 0.1) is 24.4 Å². The fourth-order valence-electron chi connectivity index (χ4n) is 3.08. The molecule has 0 aromatic rings. The summed E-state index contributed by atoms with van der Waals surface area (Å²) in [5.74, 6) is 2.73. The summed E-state index contributed by atoms with van der Waals surface area (Å²) in [7, 11) is -3.53. The Labute approximate surface area is 187 Å². The first-order chi connectivity index (χ1) is 13.7. The van der Waals surface area contributed by atoms with Crippen LogP contribution in [0.15, 0.2) is 12.2 Å². The average Bonchev–Trinajstić information content (AvgIpc) is 2.96. The molecular weight excluding hydrogens is 408 g/mol. The van der Waals surface area contributed by atoms with Crippen LogP contribution in [0.4, 0.5) is 0 Å². The van der Waals surface area contributed by atoms with Gasteiger partial charge in [0.25, 0.3) is 0 Å². The van der Waals surface area contributed by atoms with E-state index >= 15 is 0 Å². The SMILES string of the molecule is CC/C=C/C[C@H](O[Si](C)(C)C(C)(C)C)[C@H]1C[C@@H](O)[C@@H](CCC(=O)C#C[Si](C)(C)C)O1. The molecule has 0 saturated carbocycles. The molecule has 0 unspecified atom stereocenters. The van der Waals surface area contributed by atoms with Crippen LogP contribution in [0, 0.1) is 11.5 Å². The Morgan fingerprint density at radius 3 is 2.40 bits per heavy atom. The van der Waals surface area contributed by atoms with Gasteiger partial charge in [-0.15, -0.1) is 5.54 Å². The van der Waals surface area contributed by atoms with Gasteiger partial charge in [-0.05, 0) is 43.3 Å². The lowest BCUT2D eigenvalue weighted by atomic mass is 10.0. The van der Waals surface area contributed by atoms with Gasteiger partial charge >= 0.3 is 0 Å². The van der Waals surface area contributed by atoms with Gasteiger partial charge in [-0.1, -0.05) is 59.5 Å². The van der Waals surface area contributed by atoms with Gasteiger partial charge in [-0.3, -0.25) is 4.79 Å². The highest BCUT2D eigenvalue weighted by atomic mass is 28.4. The summed E-state index contributed by atoms with van der Waals surface area (Å²) in [5.41, 5.74) is 3.12. The fourth-order valence-corrected chi connectivity index (χ4v) is 4.95. The van der Waals surface area contributed by atoms with E-state index in [0.717, 1.165) is 12.8 Å². The Morgan fingerprint density at radius 1 is 1.23 bits per heavy atom. The van der Waals surface area contributed by atoms with E-state index in [0.29, 0.717) is 19.3 Å². The van der Waals surface area contributed by atoms with Gasteiger partial charge in [-0.2, -0.15) is 0 Å². The number of ether oxygens (including phenoxy) is 1. The summed E-state index contributed by atoms with van der Waals surface area (Å²) in [6.07, 6.45) is 6.37. The van der Waals surface area contributed by atoms with Gasteiger partial charge in [0.1, 0.15) is 8.07 Å². The normalized spacial score (nSPS) is 24.0. The number of hydrogen-bond donors (Lipinski definition) is 1. The van der Waals surface area contributed by atoms with E-state index in [2.05, 4.69) is 84.0 Å². The van der Waals surface area contributed by atoms with Crippen molar-refractivity contribution >= 4 is 22.2 Å². The molecule has 1 N–H and O–H groups in total. The lowest BCUT2D eigenvalue weighted by Crippen LogP contribution is -2.47. The third-order valence-corrected chi connectivity index (χ3v) is 11.3. The molecule has 1 rings (SSSR count). The van der Waals surface area contributed by atoms with E-state index in [1.54, 1.807) is 0 Å². The maximum absolute atomic E-state index is 12.1. The monoisotopic (exact) mass is 452 g/mol. The van der Waals surface area contributed by atoms with Gasteiger partial charge in [0.2, 0.25) is 5.78 Å². The lowest BCUT2D eigenvalue weighted by Gasteiger charge is -2.40. The molecule has 4 nitrogen and oxygen atoms in total. The van der Waals surface area contributed by atoms with Crippen LogP contribution in [-0.4, -0.2) is 51.7 Å². The second kappa shape index (κ2) is 11.2. The first-order valence-corrected chi connectivity index (χ1v) is 17.8. The maximum atomic E-state index is 12.1. The molecule has 30 heavy (non-hydrogen) atoms. The zero-order valence-electron chi connectivity index (χ0n) is 20.7. The first kappa shape index (κ1) is 27.3. The standard InChI is InChI=1S/C24H44O4Si2/c1-10-11-12-13-22(28-30(8,9)24(2,3)4)23-18-20(26)21(27-23)15-14-19(25)16-17-29(5,6)7/h11-12,20-23,26H,10,13-15,18H2,1-9H3/b12-11+/t20-,21-,22+,23-/m1/s1. The summed E-state index contributed by atoms with van der Waals surface area (Å²) in [6.45, 7) is 19.7. The molecule has 0 amide bonds. The minimum absolute atomic E-state index is 0.0587. The number of hydrogen-bond acceptors (Lipinski definition) is 4. The van der Waals surface area contributed by atoms with Crippen LogP contribution in [-0.2, 0) is 14.0 Å². The molecule has 0 spiro atoms. The van der Waals surface area contributed by atoms with Crippen molar-refractivity contribution in [3.8, 4) is 11.5 Å². The smallest absolute Gasteiger partial charge is 0.204 e. The molecule has 1 aliphatic heterocycles. The largest absolute Gasteiger partial charge is 0.411 e. The molecule has 0 radical (unpaired) electrons. The number of carbonyl (C=O) groups excluding carboxylic acids is 1. The predicted octanol–water partition coefficient (Wildman–Crippen LogP) is 5.48. The molecule has 172 valence electrons. The van der Waals surface area contributed by atoms with Crippen molar-refractivity contribution in [2.75, 3.05) is 0 Å². The highest BCUT2D eigenvalue weighted by Crippen LogP contribution is 2.39. The number of Topliss-reactive ketones (excluding diaryl/α,β-unsaturated/α-hetero) is 1. The Bertz CT molecular complexity index is 647. The first-order valence-electron chi connectivity index (χ1n) is 11.4. The zero-order chi connectivity index (χ0) is 23.2. The zero-order valence-corrected chi connectivity index (χ0v) is 22.7. The van der Waals surface area contributed by atoms with Crippen LogP contribution in [0.3, 0.4) is 0 Å². The van der Waals surface area contributed by atoms with Crippen LogP contribution >= 0.6 is 0 Å². The van der Waals surface area contributed by atoms with Crippen molar-refractivity contribution in [1.29, 1.82) is 0 Å². The van der Waals surface area contributed by atoms with Gasteiger partial charge in [0.15, 0.2) is 8.32 Å². The molecule has 0 aromatic carbocycles. The van der Waals surface area contributed by atoms with Crippen LogP contribution in [0.25, 0.3) is 0 Å². The van der Waals surface area contributed by atoms with E-state index in [4.69, 9.17) is 9.16 Å². The van der Waals surface area contributed by atoms with Crippen molar-refractivity contribution in [3.05, 3.63) is 12.2 Å². The van der Waals surface area contributed by atoms with Gasteiger partial charge in [0, 0.05) is 12.8 Å². The van der Waals surface area contributed by atoms with Crippen LogP contribution in [0.1, 0.15) is 59.8 Å². The Hall–Kier alpha value is -0.716. The molecular formula is C24H44O4Si2. The second-order valence-electron chi connectivity index (χ2n) is 11.0. The van der Waals surface area contributed by atoms with Gasteiger partial charge in [-0.25, -0.2) is 0 Å². The minimum Gasteiger partial charge on any atom is -0.411 e. The highest BCUT2D eigenvalue weighted by molar-refractivity contribution is 6.84. The second-order valence-corrected chi connectivity index (χ2v) is 20.5. The van der Waals surface area contributed by atoms with Crippen molar-refractivity contribution < 1.29 is 19.1 Å². The number of rotatable bonds is 9. The third-order valence-electron chi connectivity index (χ3n) is 5.92. The Balaban J connectivity index is 2.80. The number of carbonyl (C=O) groups is 1. The van der Waals surface area contributed by atoms with Crippen molar-refractivity contribution in [2.24, 2.45) is 0 Å². The average molecular weight is 453 g/mol. The summed E-state index contributed by atoms with van der Waals surface area (Å²) in [4.78, 5) is 12.1. The summed E-state index contributed by atoms with van der Waals surface area (Å²) in [6, 6.07) is 0. The Morgan fingerprint density at radius 2 is 1.87 bits per heavy atom. The highest BCUT2D eigenvalue weighted by Gasteiger charge is 2.44. The van der Waals surface area contributed by atoms with Gasteiger partial charge < -0.3 is 14.3 Å². The molecule has 1 fully saturated rings. The third kappa shape index (κ3) is 9.19. The molecule has 6 heteroatoms. The van der Waals surface area contributed by atoms with E-state index in [9.17, 15) is 9.90 Å². The molecule has 1 aliphatic rings. The predicted molar refractivity (Wildman–Crippen MR) is 131 cm³/mol.